The van der Waals surface area contributed by atoms with Crippen LogP contribution in [0.4, 0.5) is 0 Å². The number of carboxylic acid groups (broad SMARTS) is 1. The van der Waals surface area contributed by atoms with Gasteiger partial charge in [-0.05, 0) is 30.7 Å². The number of aromatic hydroxyl groups is 1. The number of methoxy groups -OCH3 is 1. The first kappa shape index (κ1) is 11.1. The molecule has 1 aromatic carbocycles. The van der Waals surface area contributed by atoms with Gasteiger partial charge in [0.05, 0.1) is 7.11 Å². The van der Waals surface area contributed by atoms with E-state index in [0.717, 1.165) is 0 Å². The summed E-state index contributed by atoms with van der Waals surface area (Å²) in [5.74, 6) is -0.619. The smallest absolute Gasteiger partial charge is 0.331 e. The van der Waals surface area contributed by atoms with Crippen molar-refractivity contribution < 1.29 is 19.7 Å². The number of phenolic OH excluding ortho intramolecular Hbond substituents is 1. The third-order valence-electron chi connectivity index (χ3n) is 1.92. The summed E-state index contributed by atoms with van der Waals surface area (Å²) in [7, 11) is 1.44. The van der Waals surface area contributed by atoms with Crippen LogP contribution in [0.5, 0.6) is 11.5 Å². The molecular formula is C11H12O4. The van der Waals surface area contributed by atoms with Gasteiger partial charge in [0, 0.05) is 5.57 Å². The maximum Gasteiger partial charge on any atom is 0.331 e. The van der Waals surface area contributed by atoms with E-state index < -0.39 is 5.97 Å². The second-order valence-corrected chi connectivity index (χ2v) is 3.06. The minimum atomic E-state index is -0.970. The first-order valence-corrected chi connectivity index (χ1v) is 4.33. The number of ether oxygens (including phenoxy) is 1. The van der Waals surface area contributed by atoms with Crippen LogP contribution >= 0.6 is 0 Å². The average Bonchev–Trinajstić information content (AvgIpc) is 2.20. The van der Waals surface area contributed by atoms with E-state index in [9.17, 15) is 9.90 Å². The highest BCUT2D eigenvalue weighted by molar-refractivity contribution is 5.91. The van der Waals surface area contributed by atoms with Gasteiger partial charge in [0.2, 0.25) is 0 Å². The third-order valence-corrected chi connectivity index (χ3v) is 1.92. The molecule has 0 aliphatic rings. The zero-order chi connectivity index (χ0) is 11.4. The lowest BCUT2D eigenvalue weighted by Gasteiger charge is -2.04. The standard InChI is InChI=1S/C11H12O4/c1-7(11(13)14)5-8-3-4-9(12)10(6-8)15-2/h3-6,12H,1-2H3,(H,13,14)/b7-5+. The van der Waals surface area contributed by atoms with Gasteiger partial charge in [-0.3, -0.25) is 0 Å². The Morgan fingerprint density at radius 1 is 1.47 bits per heavy atom. The Labute approximate surface area is 87.4 Å². The Hall–Kier alpha value is -1.97. The molecule has 4 nitrogen and oxygen atoms in total. The highest BCUT2D eigenvalue weighted by Gasteiger charge is 2.03. The topological polar surface area (TPSA) is 66.8 Å². The van der Waals surface area contributed by atoms with Gasteiger partial charge in [-0.15, -0.1) is 0 Å². The average molecular weight is 208 g/mol. The molecule has 0 atom stereocenters. The largest absolute Gasteiger partial charge is 0.504 e. The van der Waals surface area contributed by atoms with E-state index in [1.165, 1.54) is 26.2 Å². The predicted octanol–water partition coefficient (Wildman–Crippen LogP) is 1.89. The normalized spacial score (nSPS) is 11.2. The Kier molecular flexibility index (Phi) is 3.33. The van der Waals surface area contributed by atoms with Crippen LogP contribution in [0.25, 0.3) is 6.08 Å². The van der Waals surface area contributed by atoms with Crippen molar-refractivity contribution in [3.63, 3.8) is 0 Å². The number of hydrogen-bond acceptors (Lipinski definition) is 3. The zero-order valence-electron chi connectivity index (χ0n) is 8.52. The molecule has 0 aliphatic heterocycles. The molecular weight excluding hydrogens is 196 g/mol. The maximum atomic E-state index is 10.6. The fourth-order valence-corrected chi connectivity index (χ4v) is 1.10. The van der Waals surface area contributed by atoms with E-state index in [1.807, 2.05) is 0 Å². The van der Waals surface area contributed by atoms with Crippen molar-refractivity contribution >= 4 is 12.0 Å². The molecule has 0 aromatic heterocycles. The molecule has 2 N–H and O–H groups in total. The van der Waals surface area contributed by atoms with E-state index in [2.05, 4.69) is 0 Å². The van der Waals surface area contributed by atoms with Crippen molar-refractivity contribution in [1.29, 1.82) is 0 Å². The number of carbonyl (C=O) groups is 1. The second-order valence-electron chi connectivity index (χ2n) is 3.06. The summed E-state index contributed by atoms with van der Waals surface area (Å²) in [6, 6.07) is 4.64. The lowest BCUT2D eigenvalue weighted by molar-refractivity contribution is -0.132. The van der Waals surface area contributed by atoms with Gasteiger partial charge in [-0.25, -0.2) is 4.79 Å². The predicted molar refractivity (Wildman–Crippen MR) is 55.9 cm³/mol. The fraction of sp³-hybridized carbons (Fsp3) is 0.182. The van der Waals surface area contributed by atoms with Crippen molar-refractivity contribution in [2.75, 3.05) is 7.11 Å². The molecule has 0 bridgehead atoms. The van der Waals surface area contributed by atoms with Crippen LogP contribution in [0.15, 0.2) is 23.8 Å². The quantitative estimate of drug-likeness (QED) is 0.744. The van der Waals surface area contributed by atoms with Crippen LogP contribution in [-0.2, 0) is 4.79 Å². The van der Waals surface area contributed by atoms with E-state index in [0.29, 0.717) is 11.3 Å². The minimum absolute atomic E-state index is 0.0302. The lowest BCUT2D eigenvalue weighted by atomic mass is 10.1. The molecule has 0 amide bonds. The summed E-state index contributed by atoms with van der Waals surface area (Å²) in [6.07, 6.45) is 1.50. The van der Waals surface area contributed by atoms with Crippen LogP contribution in [0.3, 0.4) is 0 Å². The zero-order valence-corrected chi connectivity index (χ0v) is 8.52. The van der Waals surface area contributed by atoms with Crippen LogP contribution in [0.1, 0.15) is 12.5 Å². The summed E-state index contributed by atoms with van der Waals surface area (Å²) in [5, 5.41) is 18.0. The van der Waals surface area contributed by atoms with Gasteiger partial charge in [0.1, 0.15) is 0 Å². The molecule has 0 spiro atoms. The van der Waals surface area contributed by atoms with E-state index in [4.69, 9.17) is 9.84 Å². The Morgan fingerprint density at radius 2 is 2.13 bits per heavy atom. The molecule has 1 rings (SSSR count). The fourth-order valence-electron chi connectivity index (χ4n) is 1.10. The van der Waals surface area contributed by atoms with Gasteiger partial charge >= 0.3 is 5.97 Å². The highest BCUT2D eigenvalue weighted by atomic mass is 16.5. The molecule has 80 valence electrons. The van der Waals surface area contributed by atoms with Crippen LogP contribution in [-0.4, -0.2) is 23.3 Å². The van der Waals surface area contributed by atoms with Crippen molar-refractivity contribution in [2.45, 2.75) is 6.92 Å². The minimum Gasteiger partial charge on any atom is -0.504 e. The number of phenols is 1. The third kappa shape index (κ3) is 2.74. The van der Waals surface area contributed by atoms with Gasteiger partial charge in [0.25, 0.3) is 0 Å². The summed E-state index contributed by atoms with van der Waals surface area (Å²) in [6.45, 7) is 1.50. The SMILES string of the molecule is COc1cc(/C=C(\C)C(=O)O)ccc1O. The second kappa shape index (κ2) is 4.50. The molecule has 0 unspecified atom stereocenters. The van der Waals surface area contributed by atoms with Crippen molar-refractivity contribution in [3.05, 3.63) is 29.3 Å². The maximum absolute atomic E-state index is 10.6. The molecule has 0 fully saturated rings. The molecule has 0 heterocycles. The molecule has 1 aromatic rings. The number of hydrogen-bond donors (Lipinski definition) is 2. The van der Waals surface area contributed by atoms with Crippen molar-refractivity contribution in [1.82, 2.24) is 0 Å². The van der Waals surface area contributed by atoms with Crippen LogP contribution in [0.2, 0.25) is 0 Å². The Balaban J connectivity index is 3.07. The monoisotopic (exact) mass is 208 g/mol. The Morgan fingerprint density at radius 3 is 2.67 bits per heavy atom. The van der Waals surface area contributed by atoms with Gasteiger partial charge in [-0.2, -0.15) is 0 Å². The van der Waals surface area contributed by atoms with Gasteiger partial charge in [0.15, 0.2) is 11.5 Å². The highest BCUT2D eigenvalue weighted by Crippen LogP contribution is 2.27. The molecule has 4 heteroatoms. The van der Waals surface area contributed by atoms with E-state index in [-0.39, 0.29) is 11.3 Å². The first-order valence-electron chi connectivity index (χ1n) is 4.33. The number of benzene rings is 1. The summed E-state index contributed by atoms with van der Waals surface area (Å²) >= 11 is 0. The number of rotatable bonds is 3. The number of aliphatic carboxylic acids is 1. The number of carboxylic acids is 1. The molecule has 15 heavy (non-hydrogen) atoms. The molecule has 0 radical (unpaired) electrons. The van der Waals surface area contributed by atoms with Crippen molar-refractivity contribution in [3.8, 4) is 11.5 Å². The summed E-state index contributed by atoms with van der Waals surface area (Å²) in [5.41, 5.74) is 0.896. The molecule has 0 aliphatic carbocycles. The molecule has 0 saturated carbocycles. The van der Waals surface area contributed by atoms with Crippen LogP contribution < -0.4 is 4.74 Å². The van der Waals surface area contributed by atoms with E-state index in [1.54, 1.807) is 12.1 Å². The lowest BCUT2D eigenvalue weighted by Crippen LogP contribution is -1.95. The van der Waals surface area contributed by atoms with Crippen LogP contribution in [0, 0.1) is 0 Å². The van der Waals surface area contributed by atoms with Gasteiger partial charge in [-0.1, -0.05) is 6.07 Å². The summed E-state index contributed by atoms with van der Waals surface area (Å²) < 4.78 is 4.90. The Bertz CT molecular complexity index is 407. The summed E-state index contributed by atoms with van der Waals surface area (Å²) in [4.78, 5) is 10.6. The molecule has 0 saturated heterocycles. The van der Waals surface area contributed by atoms with Gasteiger partial charge < -0.3 is 14.9 Å². The first-order chi connectivity index (χ1) is 7.04. The van der Waals surface area contributed by atoms with E-state index >= 15 is 0 Å². The van der Waals surface area contributed by atoms with Crippen molar-refractivity contribution in [2.24, 2.45) is 0 Å².